The van der Waals surface area contributed by atoms with Gasteiger partial charge in [0.15, 0.2) is 0 Å². The summed E-state index contributed by atoms with van der Waals surface area (Å²) in [7, 11) is 2.06. The molecule has 18 heavy (non-hydrogen) atoms. The van der Waals surface area contributed by atoms with Crippen LogP contribution in [0.4, 0.5) is 0 Å². The molecule has 4 heteroatoms. The maximum atomic E-state index is 4.34. The van der Waals surface area contributed by atoms with Gasteiger partial charge in [-0.05, 0) is 39.3 Å². The Morgan fingerprint density at radius 3 is 3.00 bits per heavy atom. The molecule has 1 saturated heterocycles. The molecule has 2 fully saturated rings. The van der Waals surface area contributed by atoms with E-state index in [-0.39, 0.29) is 0 Å². The van der Waals surface area contributed by atoms with Gasteiger partial charge in [-0.2, -0.15) is 0 Å². The molecule has 1 aliphatic carbocycles. The lowest BCUT2D eigenvalue weighted by molar-refractivity contribution is 0.136. The van der Waals surface area contributed by atoms with Crippen molar-refractivity contribution in [3.63, 3.8) is 0 Å². The molecule has 0 amide bonds. The van der Waals surface area contributed by atoms with Crippen LogP contribution in [-0.4, -0.2) is 40.6 Å². The van der Waals surface area contributed by atoms with Gasteiger partial charge in [-0.1, -0.05) is 6.42 Å². The van der Waals surface area contributed by atoms with Gasteiger partial charge >= 0.3 is 0 Å². The van der Waals surface area contributed by atoms with Crippen molar-refractivity contribution in [3.05, 3.63) is 18.2 Å². The number of rotatable bonds is 5. The zero-order valence-corrected chi connectivity index (χ0v) is 11.3. The highest BCUT2D eigenvalue weighted by Gasteiger charge is 2.27. The zero-order chi connectivity index (χ0) is 12.4. The topological polar surface area (TPSA) is 33.1 Å². The highest BCUT2D eigenvalue weighted by Crippen LogP contribution is 2.36. The maximum absolute atomic E-state index is 4.34. The van der Waals surface area contributed by atoms with Crippen LogP contribution in [0.15, 0.2) is 12.5 Å². The SMILES string of the molecule is CNCC1CCCCN1Cc1cncn1C1CC1. The lowest BCUT2D eigenvalue weighted by Crippen LogP contribution is -2.44. The number of nitrogens with one attached hydrogen (secondary N) is 1. The average molecular weight is 248 g/mol. The fourth-order valence-electron chi connectivity index (χ4n) is 3.08. The van der Waals surface area contributed by atoms with Gasteiger partial charge in [-0.3, -0.25) is 4.90 Å². The Bertz CT molecular complexity index is 381. The van der Waals surface area contributed by atoms with Crippen molar-refractivity contribution in [3.8, 4) is 0 Å². The van der Waals surface area contributed by atoms with Crippen molar-refractivity contribution in [2.75, 3.05) is 20.1 Å². The first-order chi connectivity index (χ1) is 8.88. The van der Waals surface area contributed by atoms with E-state index in [2.05, 4.69) is 33.0 Å². The van der Waals surface area contributed by atoms with Crippen LogP contribution in [-0.2, 0) is 6.54 Å². The molecule has 1 aliphatic heterocycles. The van der Waals surface area contributed by atoms with E-state index in [4.69, 9.17) is 0 Å². The molecule has 1 N–H and O–H groups in total. The second-order valence-electron chi connectivity index (χ2n) is 5.70. The van der Waals surface area contributed by atoms with Gasteiger partial charge in [0.2, 0.25) is 0 Å². The fraction of sp³-hybridized carbons (Fsp3) is 0.786. The van der Waals surface area contributed by atoms with E-state index in [9.17, 15) is 0 Å². The van der Waals surface area contributed by atoms with Crippen molar-refractivity contribution in [2.45, 2.75) is 50.7 Å². The largest absolute Gasteiger partial charge is 0.330 e. The Kier molecular flexibility index (Phi) is 3.66. The predicted molar refractivity (Wildman–Crippen MR) is 72.5 cm³/mol. The van der Waals surface area contributed by atoms with Crippen LogP contribution >= 0.6 is 0 Å². The van der Waals surface area contributed by atoms with E-state index >= 15 is 0 Å². The summed E-state index contributed by atoms with van der Waals surface area (Å²) in [6.45, 7) is 3.42. The number of imidazole rings is 1. The quantitative estimate of drug-likeness (QED) is 0.862. The molecular weight excluding hydrogens is 224 g/mol. The molecule has 4 nitrogen and oxygen atoms in total. The van der Waals surface area contributed by atoms with Gasteiger partial charge in [0.25, 0.3) is 0 Å². The van der Waals surface area contributed by atoms with Crippen LogP contribution in [0.1, 0.15) is 43.8 Å². The molecule has 0 aromatic carbocycles. The molecule has 1 unspecified atom stereocenters. The second-order valence-corrected chi connectivity index (χ2v) is 5.70. The molecular formula is C14H24N4. The Hall–Kier alpha value is -0.870. The van der Waals surface area contributed by atoms with Crippen LogP contribution < -0.4 is 5.32 Å². The second kappa shape index (κ2) is 5.41. The highest BCUT2D eigenvalue weighted by atomic mass is 15.2. The first-order valence-electron chi connectivity index (χ1n) is 7.28. The molecule has 2 aliphatic rings. The van der Waals surface area contributed by atoms with Crippen molar-refractivity contribution < 1.29 is 0 Å². The van der Waals surface area contributed by atoms with Crippen LogP contribution in [0.5, 0.6) is 0 Å². The number of hydrogen-bond acceptors (Lipinski definition) is 3. The average Bonchev–Trinajstić information content (AvgIpc) is 3.13. The summed E-state index contributed by atoms with van der Waals surface area (Å²) in [4.78, 5) is 6.98. The Morgan fingerprint density at radius 2 is 2.22 bits per heavy atom. The fourth-order valence-corrected chi connectivity index (χ4v) is 3.08. The molecule has 0 bridgehead atoms. The smallest absolute Gasteiger partial charge is 0.0951 e. The molecule has 100 valence electrons. The molecule has 3 rings (SSSR count). The summed E-state index contributed by atoms with van der Waals surface area (Å²) >= 11 is 0. The number of hydrogen-bond donors (Lipinski definition) is 1. The Balaban J connectivity index is 1.67. The van der Waals surface area contributed by atoms with Gasteiger partial charge in [0, 0.05) is 31.4 Å². The zero-order valence-electron chi connectivity index (χ0n) is 11.3. The summed E-state index contributed by atoms with van der Waals surface area (Å²) in [6.07, 6.45) is 10.8. The molecule has 1 atom stereocenters. The number of likely N-dealkylation sites (N-methyl/N-ethyl adjacent to an activating group) is 1. The molecule has 1 saturated carbocycles. The van der Waals surface area contributed by atoms with Gasteiger partial charge in [-0.25, -0.2) is 4.98 Å². The van der Waals surface area contributed by atoms with Crippen LogP contribution in [0, 0.1) is 0 Å². The summed E-state index contributed by atoms with van der Waals surface area (Å²) < 4.78 is 2.39. The minimum atomic E-state index is 0.700. The molecule has 0 radical (unpaired) electrons. The van der Waals surface area contributed by atoms with Gasteiger partial charge in [0.05, 0.1) is 12.0 Å². The van der Waals surface area contributed by atoms with E-state index in [1.807, 2.05) is 6.33 Å². The first-order valence-corrected chi connectivity index (χ1v) is 7.28. The van der Waals surface area contributed by atoms with Crippen LogP contribution in [0.25, 0.3) is 0 Å². The molecule has 2 heterocycles. The number of piperidine rings is 1. The molecule has 1 aromatic heterocycles. The van der Waals surface area contributed by atoms with E-state index < -0.39 is 0 Å². The van der Waals surface area contributed by atoms with Gasteiger partial charge in [-0.15, -0.1) is 0 Å². The summed E-state index contributed by atoms with van der Waals surface area (Å²) in [5.74, 6) is 0. The van der Waals surface area contributed by atoms with E-state index in [1.165, 1.54) is 44.3 Å². The predicted octanol–water partition coefficient (Wildman–Crippen LogP) is 1.79. The first kappa shape index (κ1) is 12.2. The van der Waals surface area contributed by atoms with Crippen molar-refractivity contribution in [1.82, 2.24) is 19.8 Å². The van der Waals surface area contributed by atoms with E-state index in [0.717, 1.165) is 19.1 Å². The van der Waals surface area contributed by atoms with Crippen LogP contribution in [0.3, 0.4) is 0 Å². The van der Waals surface area contributed by atoms with Crippen molar-refractivity contribution >= 4 is 0 Å². The molecule has 0 spiro atoms. The van der Waals surface area contributed by atoms with E-state index in [0.29, 0.717) is 6.04 Å². The summed E-state index contributed by atoms with van der Waals surface area (Å²) in [6, 6.07) is 1.45. The van der Waals surface area contributed by atoms with E-state index in [1.54, 1.807) is 0 Å². The minimum absolute atomic E-state index is 0.700. The Morgan fingerprint density at radius 1 is 1.33 bits per heavy atom. The highest BCUT2D eigenvalue weighted by molar-refractivity contribution is 5.04. The summed E-state index contributed by atoms with van der Waals surface area (Å²) in [5, 5.41) is 3.33. The minimum Gasteiger partial charge on any atom is -0.330 e. The monoisotopic (exact) mass is 248 g/mol. The third-order valence-corrected chi connectivity index (χ3v) is 4.24. The third-order valence-electron chi connectivity index (χ3n) is 4.24. The van der Waals surface area contributed by atoms with Crippen molar-refractivity contribution in [2.24, 2.45) is 0 Å². The van der Waals surface area contributed by atoms with Gasteiger partial charge < -0.3 is 9.88 Å². The lowest BCUT2D eigenvalue weighted by atomic mass is 10.0. The molecule has 1 aromatic rings. The van der Waals surface area contributed by atoms with Crippen LogP contribution in [0.2, 0.25) is 0 Å². The van der Waals surface area contributed by atoms with Gasteiger partial charge in [0.1, 0.15) is 0 Å². The Labute approximate surface area is 109 Å². The summed E-state index contributed by atoms with van der Waals surface area (Å²) in [5.41, 5.74) is 1.40. The maximum Gasteiger partial charge on any atom is 0.0951 e. The lowest BCUT2D eigenvalue weighted by Gasteiger charge is -2.35. The number of nitrogens with zero attached hydrogens (tertiary/aromatic N) is 3. The standard InChI is InChI=1S/C14H24N4/c1-15-8-13-4-2-3-7-17(13)10-14-9-16-11-18(14)12-5-6-12/h9,11-13,15H,2-8,10H2,1H3. The number of aromatic nitrogens is 2. The normalized spacial score (nSPS) is 25.5. The third kappa shape index (κ3) is 2.59. The number of likely N-dealkylation sites (tertiary alicyclic amines) is 1. The van der Waals surface area contributed by atoms with Crippen molar-refractivity contribution in [1.29, 1.82) is 0 Å².